The van der Waals surface area contributed by atoms with E-state index in [1.807, 2.05) is 0 Å². The van der Waals surface area contributed by atoms with Gasteiger partial charge in [-0.1, -0.05) is 18.5 Å². The fourth-order valence-electron chi connectivity index (χ4n) is 1.78. The topological polar surface area (TPSA) is 63.4 Å². The number of aromatic nitrogens is 1. The highest BCUT2D eigenvalue weighted by atomic mass is 35.5. The molecule has 0 aliphatic carbocycles. The summed E-state index contributed by atoms with van der Waals surface area (Å²) in [5.74, 6) is 0. The summed E-state index contributed by atoms with van der Waals surface area (Å²) in [7, 11) is -3.60. The number of pyridine rings is 1. The van der Waals surface area contributed by atoms with Crippen molar-refractivity contribution < 1.29 is 12.8 Å². The first-order chi connectivity index (χ1) is 9.45. The van der Waals surface area contributed by atoms with Crippen LogP contribution in [-0.2, 0) is 16.6 Å². The van der Waals surface area contributed by atoms with E-state index in [-0.39, 0.29) is 11.4 Å². The first kappa shape index (κ1) is 15.0. The van der Waals surface area contributed by atoms with E-state index in [1.54, 1.807) is 19.9 Å². The van der Waals surface area contributed by atoms with E-state index in [1.165, 1.54) is 29.1 Å². The van der Waals surface area contributed by atoms with Gasteiger partial charge < -0.3 is 4.42 Å². The number of sulfonamides is 1. The van der Waals surface area contributed by atoms with Gasteiger partial charge in [0.2, 0.25) is 10.0 Å². The number of nitrogens with zero attached hydrogens (tertiary/aromatic N) is 2. The van der Waals surface area contributed by atoms with Gasteiger partial charge in [0.25, 0.3) is 0 Å². The van der Waals surface area contributed by atoms with Gasteiger partial charge in [0, 0.05) is 24.8 Å². The number of furan rings is 1. The van der Waals surface area contributed by atoms with Crippen molar-refractivity contribution in [3.8, 4) is 0 Å². The Morgan fingerprint density at radius 2 is 2.20 bits per heavy atom. The smallest absolute Gasteiger partial charge is 0.244 e. The molecule has 0 saturated heterocycles. The highest BCUT2D eigenvalue weighted by molar-refractivity contribution is 7.89. The molecule has 0 fully saturated rings. The van der Waals surface area contributed by atoms with Crippen LogP contribution >= 0.6 is 11.6 Å². The summed E-state index contributed by atoms with van der Waals surface area (Å²) >= 11 is 5.83. The van der Waals surface area contributed by atoms with Crippen LogP contribution in [0.4, 0.5) is 0 Å². The second kappa shape index (κ2) is 5.95. The molecule has 108 valence electrons. The molecule has 2 aromatic heterocycles. The van der Waals surface area contributed by atoms with E-state index in [9.17, 15) is 8.42 Å². The van der Waals surface area contributed by atoms with Crippen LogP contribution in [0.15, 0.2) is 40.2 Å². The lowest BCUT2D eigenvalue weighted by Crippen LogP contribution is -2.30. The number of hydrogen-bond donors (Lipinski definition) is 0. The second-order valence-electron chi connectivity index (χ2n) is 4.34. The van der Waals surface area contributed by atoms with Crippen LogP contribution in [-0.4, -0.2) is 24.3 Å². The molecular formula is C13H15ClN2O3S. The molecule has 7 heteroatoms. The number of rotatable bonds is 5. The van der Waals surface area contributed by atoms with Crippen molar-refractivity contribution in [3.05, 3.63) is 47.1 Å². The summed E-state index contributed by atoms with van der Waals surface area (Å²) < 4.78 is 31.5. The summed E-state index contributed by atoms with van der Waals surface area (Å²) in [5, 5.41) is 0.307. The van der Waals surface area contributed by atoms with Crippen LogP contribution < -0.4 is 0 Å². The standard InChI is InChI=1S/C13H15ClN2O3S/c1-3-16(8-11-4-5-19-9-11)20(17,18)12-6-10(2)13(14)15-7-12/h4-7,9H,3,8H2,1-2H3. The number of halogens is 1. The molecule has 0 unspecified atom stereocenters. The van der Waals surface area contributed by atoms with Crippen molar-refractivity contribution in [2.75, 3.05) is 6.54 Å². The third-order valence-corrected chi connectivity index (χ3v) is 5.20. The molecule has 5 nitrogen and oxygen atoms in total. The van der Waals surface area contributed by atoms with E-state index in [0.29, 0.717) is 17.3 Å². The van der Waals surface area contributed by atoms with Crippen LogP contribution in [0.2, 0.25) is 5.15 Å². The largest absolute Gasteiger partial charge is 0.472 e. The summed E-state index contributed by atoms with van der Waals surface area (Å²) in [6, 6.07) is 3.27. The third-order valence-electron chi connectivity index (χ3n) is 2.92. The van der Waals surface area contributed by atoms with E-state index >= 15 is 0 Å². The highest BCUT2D eigenvalue weighted by Gasteiger charge is 2.24. The quantitative estimate of drug-likeness (QED) is 0.796. The van der Waals surface area contributed by atoms with E-state index in [0.717, 1.165) is 5.56 Å². The number of hydrogen-bond acceptors (Lipinski definition) is 4. The molecule has 0 aromatic carbocycles. The van der Waals surface area contributed by atoms with Crippen LogP contribution in [0.3, 0.4) is 0 Å². The summed E-state index contributed by atoms with van der Waals surface area (Å²) in [6.07, 6.45) is 4.33. The molecule has 0 spiro atoms. The van der Waals surface area contributed by atoms with Gasteiger partial charge in [0.05, 0.1) is 12.5 Å². The van der Waals surface area contributed by atoms with Crippen LogP contribution in [0.25, 0.3) is 0 Å². The Balaban J connectivity index is 2.33. The normalized spacial score (nSPS) is 12.0. The van der Waals surface area contributed by atoms with Crippen molar-refractivity contribution in [3.63, 3.8) is 0 Å². The Morgan fingerprint density at radius 1 is 1.45 bits per heavy atom. The first-order valence-electron chi connectivity index (χ1n) is 6.08. The number of aryl methyl sites for hydroxylation is 1. The minimum absolute atomic E-state index is 0.143. The lowest BCUT2D eigenvalue weighted by atomic mass is 10.3. The summed E-state index contributed by atoms with van der Waals surface area (Å²) in [6.45, 7) is 4.13. The fourth-order valence-corrected chi connectivity index (χ4v) is 3.35. The molecule has 2 aromatic rings. The van der Waals surface area contributed by atoms with Gasteiger partial charge in [0.1, 0.15) is 10.0 Å². The third kappa shape index (κ3) is 3.03. The maximum atomic E-state index is 12.6. The molecule has 0 saturated carbocycles. The van der Waals surface area contributed by atoms with Crippen molar-refractivity contribution in [1.29, 1.82) is 0 Å². The molecule has 0 amide bonds. The zero-order valence-electron chi connectivity index (χ0n) is 11.2. The maximum Gasteiger partial charge on any atom is 0.244 e. The predicted molar refractivity (Wildman–Crippen MR) is 76.0 cm³/mol. The van der Waals surface area contributed by atoms with Gasteiger partial charge >= 0.3 is 0 Å². The molecule has 0 aliphatic rings. The molecule has 0 N–H and O–H groups in total. The Labute approximate surface area is 123 Å². The van der Waals surface area contributed by atoms with Gasteiger partial charge in [-0.15, -0.1) is 0 Å². The Kier molecular flexibility index (Phi) is 4.47. The molecule has 0 radical (unpaired) electrons. The van der Waals surface area contributed by atoms with Crippen LogP contribution in [0, 0.1) is 6.92 Å². The van der Waals surface area contributed by atoms with Gasteiger partial charge in [-0.3, -0.25) is 0 Å². The molecule has 0 atom stereocenters. The van der Waals surface area contributed by atoms with Crippen molar-refractivity contribution in [1.82, 2.24) is 9.29 Å². The average Bonchev–Trinajstić information content (AvgIpc) is 2.91. The van der Waals surface area contributed by atoms with Gasteiger partial charge in [-0.2, -0.15) is 4.31 Å². The second-order valence-corrected chi connectivity index (χ2v) is 6.64. The van der Waals surface area contributed by atoms with E-state index in [2.05, 4.69) is 4.98 Å². The minimum Gasteiger partial charge on any atom is -0.472 e. The molecule has 0 aliphatic heterocycles. The zero-order chi connectivity index (χ0) is 14.8. The van der Waals surface area contributed by atoms with E-state index in [4.69, 9.17) is 16.0 Å². The van der Waals surface area contributed by atoms with Gasteiger partial charge in [-0.25, -0.2) is 13.4 Å². The average molecular weight is 315 g/mol. The lowest BCUT2D eigenvalue weighted by Gasteiger charge is -2.19. The predicted octanol–water partition coefficient (Wildman–Crippen LogP) is 2.85. The minimum atomic E-state index is -3.60. The fraction of sp³-hybridized carbons (Fsp3) is 0.308. The molecule has 0 bridgehead atoms. The lowest BCUT2D eigenvalue weighted by molar-refractivity contribution is 0.421. The molecular weight excluding hydrogens is 300 g/mol. The monoisotopic (exact) mass is 314 g/mol. The molecule has 2 rings (SSSR count). The Bertz CT molecular complexity index is 684. The Morgan fingerprint density at radius 3 is 2.75 bits per heavy atom. The maximum absolute atomic E-state index is 12.6. The zero-order valence-corrected chi connectivity index (χ0v) is 12.8. The van der Waals surface area contributed by atoms with Gasteiger partial charge in [-0.05, 0) is 24.6 Å². The SMILES string of the molecule is CCN(Cc1ccoc1)S(=O)(=O)c1cnc(Cl)c(C)c1. The van der Waals surface area contributed by atoms with Crippen molar-refractivity contribution in [2.45, 2.75) is 25.3 Å². The van der Waals surface area contributed by atoms with Crippen LogP contribution in [0.1, 0.15) is 18.1 Å². The molecule has 20 heavy (non-hydrogen) atoms. The van der Waals surface area contributed by atoms with E-state index < -0.39 is 10.0 Å². The van der Waals surface area contributed by atoms with Gasteiger partial charge in [0.15, 0.2) is 0 Å². The highest BCUT2D eigenvalue weighted by Crippen LogP contribution is 2.21. The first-order valence-corrected chi connectivity index (χ1v) is 7.90. The van der Waals surface area contributed by atoms with Crippen molar-refractivity contribution in [2.24, 2.45) is 0 Å². The molecule has 2 heterocycles. The Hall–Kier alpha value is -1.37. The summed E-state index contributed by atoms with van der Waals surface area (Å²) in [5.41, 5.74) is 1.43. The van der Waals surface area contributed by atoms with Crippen molar-refractivity contribution >= 4 is 21.6 Å². The summed E-state index contributed by atoms with van der Waals surface area (Å²) in [4.78, 5) is 4.04. The van der Waals surface area contributed by atoms with Crippen LogP contribution in [0.5, 0.6) is 0 Å².